The van der Waals surface area contributed by atoms with Crippen LogP contribution in [0.5, 0.6) is 0 Å². The van der Waals surface area contributed by atoms with E-state index in [1.807, 2.05) is 0 Å². The molecule has 2 aliphatic carbocycles. The summed E-state index contributed by atoms with van der Waals surface area (Å²) in [6.07, 6.45) is 9.41. The molecule has 2 unspecified atom stereocenters. The topological polar surface area (TPSA) is 45.7 Å². The highest BCUT2D eigenvalue weighted by atomic mass is 127. The molecule has 0 aromatic rings. The molecule has 2 aliphatic rings. The number of guanidine groups is 1. The Morgan fingerprint density at radius 3 is 2.57 bits per heavy atom. The number of ether oxygens (including phenoxy) is 1. The number of rotatable bonds is 7. The average molecular weight is 409 g/mol. The smallest absolute Gasteiger partial charge is 0.191 e. The summed E-state index contributed by atoms with van der Waals surface area (Å²) in [6, 6.07) is 0.631. The molecule has 0 heterocycles. The van der Waals surface area contributed by atoms with Gasteiger partial charge in [0, 0.05) is 25.7 Å². The van der Waals surface area contributed by atoms with E-state index in [0.717, 1.165) is 38.0 Å². The molecular weight excluding hydrogens is 377 g/mol. The van der Waals surface area contributed by atoms with E-state index in [-0.39, 0.29) is 24.0 Å². The van der Waals surface area contributed by atoms with Crippen LogP contribution in [-0.4, -0.2) is 37.8 Å². The number of hydrogen-bond donors (Lipinski definition) is 2. The minimum Gasteiger partial charge on any atom is -0.378 e. The molecule has 0 bridgehead atoms. The molecule has 0 aromatic heterocycles. The maximum atomic E-state index is 5.93. The predicted molar refractivity (Wildman–Crippen MR) is 99.5 cm³/mol. The summed E-state index contributed by atoms with van der Waals surface area (Å²) in [6.45, 7) is 7.01. The van der Waals surface area contributed by atoms with Gasteiger partial charge < -0.3 is 15.4 Å². The molecule has 2 saturated carbocycles. The van der Waals surface area contributed by atoms with Crippen LogP contribution in [0, 0.1) is 5.92 Å². The summed E-state index contributed by atoms with van der Waals surface area (Å²) in [5.74, 6) is 1.77. The van der Waals surface area contributed by atoms with Crippen LogP contribution in [-0.2, 0) is 4.74 Å². The molecule has 124 valence electrons. The van der Waals surface area contributed by atoms with Crippen LogP contribution in [0.15, 0.2) is 4.99 Å². The van der Waals surface area contributed by atoms with Gasteiger partial charge in [0.2, 0.25) is 0 Å². The third-order valence-corrected chi connectivity index (χ3v) is 4.25. The van der Waals surface area contributed by atoms with Gasteiger partial charge in [-0.3, -0.25) is 4.99 Å². The van der Waals surface area contributed by atoms with Gasteiger partial charge in [-0.15, -0.1) is 24.0 Å². The van der Waals surface area contributed by atoms with E-state index in [4.69, 9.17) is 4.74 Å². The zero-order valence-corrected chi connectivity index (χ0v) is 15.9. The molecule has 2 atom stereocenters. The second kappa shape index (κ2) is 10.6. The van der Waals surface area contributed by atoms with Crippen LogP contribution >= 0.6 is 24.0 Å². The maximum absolute atomic E-state index is 5.93. The van der Waals surface area contributed by atoms with Crippen molar-refractivity contribution < 1.29 is 4.74 Å². The van der Waals surface area contributed by atoms with E-state index in [0.29, 0.717) is 12.1 Å². The first-order valence-electron chi connectivity index (χ1n) is 8.46. The van der Waals surface area contributed by atoms with Crippen LogP contribution in [0.25, 0.3) is 0 Å². The molecule has 0 amide bonds. The van der Waals surface area contributed by atoms with Crippen LogP contribution in [0.2, 0.25) is 0 Å². The molecule has 2 N–H and O–H groups in total. The van der Waals surface area contributed by atoms with E-state index in [1.165, 1.54) is 38.5 Å². The number of nitrogens with one attached hydrogen (secondary N) is 2. The Labute approximate surface area is 146 Å². The van der Waals surface area contributed by atoms with Crippen LogP contribution < -0.4 is 10.6 Å². The normalized spacial score (nSPS) is 26.1. The van der Waals surface area contributed by atoms with Crippen molar-refractivity contribution >= 4 is 29.9 Å². The van der Waals surface area contributed by atoms with Crippen molar-refractivity contribution in [1.29, 1.82) is 0 Å². The van der Waals surface area contributed by atoms with Crippen LogP contribution in [0.1, 0.15) is 58.8 Å². The van der Waals surface area contributed by atoms with E-state index in [9.17, 15) is 0 Å². The first-order chi connectivity index (χ1) is 9.79. The maximum Gasteiger partial charge on any atom is 0.191 e. The minimum absolute atomic E-state index is 0. The van der Waals surface area contributed by atoms with E-state index in [1.54, 1.807) is 0 Å². The van der Waals surface area contributed by atoms with Gasteiger partial charge in [0.05, 0.1) is 6.10 Å². The molecule has 0 aromatic carbocycles. The average Bonchev–Trinajstić information content (AvgIpc) is 3.15. The second-order valence-electron chi connectivity index (χ2n) is 6.21. The Kier molecular flexibility index (Phi) is 9.64. The molecule has 0 saturated heterocycles. The monoisotopic (exact) mass is 409 g/mol. The zero-order chi connectivity index (χ0) is 14.2. The van der Waals surface area contributed by atoms with Gasteiger partial charge in [0.25, 0.3) is 0 Å². The first kappa shape index (κ1) is 19.0. The third kappa shape index (κ3) is 7.68. The molecule has 5 heteroatoms. The van der Waals surface area contributed by atoms with Crippen LogP contribution in [0.3, 0.4) is 0 Å². The van der Waals surface area contributed by atoms with Gasteiger partial charge in [-0.05, 0) is 38.5 Å². The van der Waals surface area contributed by atoms with Crippen molar-refractivity contribution in [2.45, 2.75) is 70.9 Å². The van der Waals surface area contributed by atoms with Gasteiger partial charge >= 0.3 is 0 Å². The Hall–Kier alpha value is -0.0400. The third-order valence-electron chi connectivity index (χ3n) is 4.25. The molecule has 0 aliphatic heterocycles. The van der Waals surface area contributed by atoms with Crippen LogP contribution in [0.4, 0.5) is 0 Å². The lowest BCUT2D eigenvalue weighted by Crippen LogP contribution is -2.39. The Bertz CT molecular complexity index is 306. The van der Waals surface area contributed by atoms with Crippen molar-refractivity contribution in [3.63, 3.8) is 0 Å². The second-order valence-corrected chi connectivity index (χ2v) is 6.21. The Morgan fingerprint density at radius 1 is 1.24 bits per heavy atom. The van der Waals surface area contributed by atoms with Crippen molar-refractivity contribution in [1.82, 2.24) is 10.6 Å². The summed E-state index contributed by atoms with van der Waals surface area (Å²) in [4.78, 5) is 4.63. The van der Waals surface area contributed by atoms with Gasteiger partial charge in [-0.1, -0.05) is 26.2 Å². The summed E-state index contributed by atoms with van der Waals surface area (Å²) < 4.78 is 5.93. The largest absolute Gasteiger partial charge is 0.378 e. The van der Waals surface area contributed by atoms with E-state index in [2.05, 4.69) is 29.5 Å². The first-order valence-corrected chi connectivity index (χ1v) is 8.46. The highest BCUT2D eigenvalue weighted by molar-refractivity contribution is 14.0. The molecule has 0 spiro atoms. The summed E-state index contributed by atoms with van der Waals surface area (Å²) >= 11 is 0. The van der Waals surface area contributed by atoms with E-state index >= 15 is 0 Å². The molecular formula is C16H32IN3O. The van der Waals surface area contributed by atoms with Crippen molar-refractivity contribution in [3.8, 4) is 0 Å². The minimum atomic E-state index is 0. The fourth-order valence-corrected chi connectivity index (χ4v) is 2.76. The fraction of sp³-hybridized carbons (Fsp3) is 0.938. The van der Waals surface area contributed by atoms with E-state index < -0.39 is 0 Å². The highest BCUT2D eigenvalue weighted by Gasteiger charge is 2.33. The quantitative estimate of drug-likeness (QED) is 0.294. The van der Waals surface area contributed by atoms with Crippen molar-refractivity contribution in [2.75, 3.05) is 19.7 Å². The highest BCUT2D eigenvalue weighted by Crippen LogP contribution is 2.28. The molecule has 0 radical (unpaired) electrons. The molecule has 21 heavy (non-hydrogen) atoms. The lowest BCUT2D eigenvalue weighted by Gasteiger charge is -2.21. The lowest BCUT2D eigenvalue weighted by molar-refractivity contribution is 0.0281. The number of nitrogens with zero attached hydrogens (tertiary/aromatic N) is 1. The van der Waals surface area contributed by atoms with Crippen molar-refractivity contribution in [3.05, 3.63) is 0 Å². The molecule has 4 nitrogen and oxygen atoms in total. The molecule has 2 fully saturated rings. The number of hydrogen-bond acceptors (Lipinski definition) is 2. The summed E-state index contributed by atoms with van der Waals surface area (Å²) in [5, 5.41) is 6.79. The standard InChI is InChI=1S/C16H31N3O.HI/c1-3-17-16(19-15-12-13(15)2)18-10-7-11-20-14-8-5-4-6-9-14;/h13-15H,3-12H2,1-2H3,(H2,17,18,19);1H. The van der Waals surface area contributed by atoms with Gasteiger partial charge in [-0.2, -0.15) is 0 Å². The number of halogens is 1. The predicted octanol–water partition coefficient (Wildman–Crippen LogP) is 3.31. The number of aliphatic imine (C=N–C) groups is 1. The Morgan fingerprint density at radius 2 is 1.95 bits per heavy atom. The fourth-order valence-electron chi connectivity index (χ4n) is 2.76. The van der Waals surface area contributed by atoms with Gasteiger partial charge in [0.1, 0.15) is 0 Å². The molecule has 2 rings (SSSR count). The lowest BCUT2D eigenvalue weighted by atomic mass is 9.98. The summed E-state index contributed by atoms with van der Waals surface area (Å²) in [7, 11) is 0. The van der Waals surface area contributed by atoms with Gasteiger partial charge in [-0.25, -0.2) is 0 Å². The van der Waals surface area contributed by atoms with Crippen molar-refractivity contribution in [2.24, 2.45) is 10.9 Å². The Balaban J connectivity index is 0.00000220. The zero-order valence-electron chi connectivity index (χ0n) is 13.6. The summed E-state index contributed by atoms with van der Waals surface area (Å²) in [5.41, 5.74) is 0. The van der Waals surface area contributed by atoms with Gasteiger partial charge in [0.15, 0.2) is 5.96 Å². The SMILES string of the molecule is CCNC(=NCCCOC1CCCCC1)NC1CC1C.I.